The van der Waals surface area contributed by atoms with Crippen molar-refractivity contribution in [3.8, 4) is 23.6 Å². The number of unbranched alkanes of at least 4 members (excludes halogenated alkanes) is 4. The number of benzene rings is 2. The topological polar surface area (TPSA) is 97.2 Å². The fraction of sp³-hybridized carbons (Fsp3) is 0.550. The zero-order valence-corrected chi connectivity index (χ0v) is 30.4. The maximum atomic E-state index is 9.99. The van der Waals surface area contributed by atoms with Crippen LogP contribution in [0.3, 0.4) is 0 Å². The molecule has 48 heavy (non-hydrogen) atoms. The zero-order valence-electron chi connectivity index (χ0n) is 30.4. The van der Waals surface area contributed by atoms with Gasteiger partial charge in [-0.1, -0.05) is 67.2 Å². The summed E-state index contributed by atoms with van der Waals surface area (Å²) < 4.78 is 12.3. The molecule has 0 heterocycles. The van der Waals surface area contributed by atoms with Gasteiger partial charge in [-0.3, -0.25) is 0 Å². The van der Waals surface area contributed by atoms with Gasteiger partial charge in [-0.15, -0.1) is 0 Å². The van der Waals surface area contributed by atoms with E-state index in [-0.39, 0.29) is 11.4 Å². The molecule has 2 aromatic carbocycles. The summed E-state index contributed by atoms with van der Waals surface area (Å²) in [5.74, 6) is 1.42. The molecular formula is C40H58N6O2. The summed E-state index contributed by atoms with van der Waals surface area (Å²) in [4.78, 5) is 13.7. The zero-order chi connectivity index (χ0) is 35.0. The van der Waals surface area contributed by atoms with Crippen LogP contribution in [-0.2, 0) is 0 Å². The molecule has 0 aromatic heterocycles. The van der Waals surface area contributed by atoms with Crippen molar-refractivity contribution in [1.82, 2.24) is 0 Å². The molecule has 0 aliphatic heterocycles. The monoisotopic (exact) mass is 654 g/mol. The SMILES string of the molecule is CCCCN(CCCC)c1ccc(C=N/C(C#N)=C(\C#N)N=Cc2ccc(N(CCCC)CCCC)cc2OCCC)c(OCCC)c1. The first-order chi connectivity index (χ1) is 23.5. The fourth-order valence-corrected chi connectivity index (χ4v) is 5.02. The van der Waals surface area contributed by atoms with E-state index in [9.17, 15) is 10.5 Å². The Morgan fingerprint density at radius 2 is 0.938 bits per heavy atom. The quantitative estimate of drug-likeness (QED) is 0.0826. The van der Waals surface area contributed by atoms with Crippen molar-refractivity contribution >= 4 is 23.8 Å². The molecule has 0 N–H and O–H groups in total. The van der Waals surface area contributed by atoms with Gasteiger partial charge in [0.2, 0.25) is 0 Å². The third-order valence-electron chi connectivity index (χ3n) is 7.88. The molecule has 0 fully saturated rings. The van der Waals surface area contributed by atoms with Gasteiger partial charge in [0.25, 0.3) is 0 Å². The molecular weight excluding hydrogens is 596 g/mol. The van der Waals surface area contributed by atoms with Crippen LogP contribution in [0.25, 0.3) is 0 Å². The molecule has 8 heteroatoms. The minimum Gasteiger partial charge on any atom is -0.493 e. The molecule has 2 aromatic rings. The molecule has 0 unspecified atom stereocenters. The summed E-state index contributed by atoms with van der Waals surface area (Å²) in [6, 6.07) is 16.4. The van der Waals surface area contributed by atoms with E-state index in [1.807, 2.05) is 12.1 Å². The molecule has 2 rings (SSSR count). The van der Waals surface area contributed by atoms with Crippen LogP contribution in [0.15, 0.2) is 57.8 Å². The van der Waals surface area contributed by atoms with Gasteiger partial charge in [-0.2, -0.15) is 10.5 Å². The Balaban J connectivity index is 2.45. The average molecular weight is 655 g/mol. The van der Waals surface area contributed by atoms with Crippen LogP contribution in [0.5, 0.6) is 11.5 Å². The normalized spacial score (nSPS) is 11.8. The van der Waals surface area contributed by atoms with Crippen molar-refractivity contribution < 1.29 is 9.47 Å². The Kier molecular flexibility index (Phi) is 19.9. The van der Waals surface area contributed by atoms with Gasteiger partial charge in [0.1, 0.15) is 23.6 Å². The van der Waals surface area contributed by atoms with Crippen LogP contribution >= 0.6 is 0 Å². The van der Waals surface area contributed by atoms with Gasteiger partial charge in [0, 0.05) is 73.2 Å². The summed E-state index contributed by atoms with van der Waals surface area (Å²) in [5.41, 5.74) is 3.59. The first-order valence-corrected chi connectivity index (χ1v) is 18.2. The molecule has 0 aliphatic rings. The van der Waals surface area contributed by atoms with Gasteiger partial charge < -0.3 is 19.3 Å². The third kappa shape index (κ3) is 13.4. The standard InChI is InChI=1S/C40H58N6O2/c1-7-13-21-45(22-14-8-2)35-19-17-33(39(27-35)47-25-11-5)31-43-37(29-41)38(30-42)44-32-34-18-20-36(28-40(34)48-26-12-6)46(23-15-9-3)24-16-10-4/h17-20,27-28,31-32H,7-16,21-26H2,1-6H3/b38-37+,43-31?,44-32?. The maximum absolute atomic E-state index is 9.99. The minimum atomic E-state index is -0.0651. The largest absolute Gasteiger partial charge is 0.493 e. The third-order valence-corrected chi connectivity index (χ3v) is 7.88. The van der Waals surface area contributed by atoms with E-state index in [1.165, 1.54) is 0 Å². The van der Waals surface area contributed by atoms with Gasteiger partial charge in [-0.25, -0.2) is 9.98 Å². The first kappa shape index (κ1) is 39.9. The van der Waals surface area contributed by atoms with Gasteiger partial charge in [0.05, 0.1) is 13.2 Å². The smallest absolute Gasteiger partial charge is 0.176 e. The van der Waals surface area contributed by atoms with Crippen LogP contribution in [0.2, 0.25) is 0 Å². The van der Waals surface area contributed by atoms with E-state index in [0.717, 1.165) is 113 Å². The Bertz CT molecular complexity index is 1280. The number of nitriles is 2. The predicted molar refractivity (Wildman–Crippen MR) is 202 cm³/mol. The molecule has 260 valence electrons. The Morgan fingerprint density at radius 3 is 1.23 bits per heavy atom. The van der Waals surface area contributed by atoms with Crippen molar-refractivity contribution in [2.45, 2.75) is 106 Å². The number of allylic oxidation sites excluding steroid dienone is 2. The molecule has 0 bridgehead atoms. The predicted octanol–water partition coefficient (Wildman–Crippen LogP) is 9.87. The molecule has 0 radical (unpaired) electrons. The van der Waals surface area contributed by atoms with E-state index in [0.29, 0.717) is 24.7 Å². The lowest BCUT2D eigenvalue weighted by molar-refractivity contribution is 0.317. The summed E-state index contributed by atoms with van der Waals surface area (Å²) >= 11 is 0. The van der Waals surface area contributed by atoms with Crippen LogP contribution in [-0.4, -0.2) is 51.8 Å². The summed E-state index contributed by atoms with van der Waals surface area (Å²) in [7, 11) is 0. The average Bonchev–Trinajstić information content (AvgIpc) is 3.11. The summed E-state index contributed by atoms with van der Waals surface area (Å²) in [6.45, 7) is 18.1. The fourth-order valence-electron chi connectivity index (χ4n) is 5.02. The molecule has 0 atom stereocenters. The Labute approximate surface area is 290 Å². The minimum absolute atomic E-state index is 0.0651. The molecule has 0 amide bonds. The second-order valence-corrected chi connectivity index (χ2v) is 12.0. The highest BCUT2D eigenvalue weighted by Gasteiger charge is 2.13. The van der Waals surface area contributed by atoms with E-state index in [4.69, 9.17) is 9.47 Å². The number of hydrogen-bond acceptors (Lipinski definition) is 8. The number of hydrogen-bond donors (Lipinski definition) is 0. The number of nitrogens with zero attached hydrogens (tertiary/aromatic N) is 6. The molecule has 0 aliphatic carbocycles. The Morgan fingerprint density at radius 1 is 0.583 bits per heavy atom. The van der Waals surface area contributed by atoms with Crippen LogP contribution in [0.1, 0.15) is 117 Å². The number of rotatable bonds is 24. The van der Waals surface area contributed by atoms with E-state index < -0.39 is 0 Å². The highest BCUT2D eigenvalue weighted by Crippen LogP contribution is 2.28. The number of aliphatic imine (C=N–C) groups is 2. The molecule has 0 saturated carbocycles. The number of anilines is 2. The van der Waals surface area contributed by atoms with E-state index >= 15 is 0 Å². The Hall–Kier alpha value is -4.30. The van der Waals surface area contributed by atoms with Crippen LogP contribution in [0.4, 0.5) is 11.4 Å². The van der Waals surface area contributed by atoms with Gasteiger partial charge >= 0.3 is 0 Å². The van der Waals surface area contributed by atoms with E-state index in [1.54, 1.807) is 12.4 Å². The summed E-state index contributed by atoms with van der Waals surface area (Å²) in [6.07, 6.45) is 13.9. The van der Waals surface area contributed by atoms with Gasteiger partial charge in [-0.05, 0) is 62.8 Å². The van der Waals surface area contributed by atoms with E-state index in [2.05, 4.69) is 97.7 Å². The van der Waals surface area contributed by atoms with Crippen molar-refractivity contribution in [1.29, 1.82) is 10.5 Å². The van der Waals surface area contributed by atoms with Gasteiger partial charge in [0.15, 0.2) is 11.4 Å². The lowest BCUT2D eigenvalue weighted by atomic mass is 10.1. The van der Waals surface area contributed by atoms with Crippen LogP contribution in [0, 0.1) is 22.7 Å². The lowest BCUT2D eigenvalue weighted by Crippen LogP contribution is -2.25. The number of ether oxygens (including phenoxy) is 2. The highest BCUT2D eigenvalue weighted by atomic mass is 16.5. The molecule has 8 nitrogen and oxygen atoms in total. The first-order valence-electron chi connectivity index (χ1n) is 18.2. The van der Waals surface area contributed by atoms with Crippen molar-refractivity contribution in [2.24, 2.45) is 9.98 Å². The highest BCUT2D eigenvalue weighted by molar-refractivity contribution is 5.87. The van der Waals surface area contributed by atoms with Crippen LogP contribution < -0.4 is 19.3 Å². The lowest BCUT2D eigenvalue weighted by Gasteiger charge is -2.25. The van der Waals surface area contributed by atoms with Crippen molar-refractivity contribution in [3.63, 3.8) is 0 Å². The molecule has 0 saturated heterocycles. The maximum Gasteiger partial charge on any atom is 0.176 e. The van der Waals surface area contributed by atoms with Crippen molar-refractivity contribution in [2.75, 3.05) is 49.2 Å². The molecule has 0 spiro atoms. The summed E-state index contributed by atoms with van der Waals surface area (Å²) in [5, 5.41) is 20.0. The second kappa shape index (κ2) is 23.9. The second-order valence-electron chi connectivity index (χ2n) is 12.0. The van der Waals surface area contributed by atoms with Crippen molar-refractivity contribution in [3.05, 3.63) is 58.9 Å².